The standard InChI is InChI=1S/C21H31N5O/c1-15-6-5-13-26(14-15)19(27)10-9-17-20-18(25-24-17)11-12-22-21(20)23-16-7-3-2-4-8-16/h11-12,15-16H,2-10,13-14H2,1H3,(H,22,23)(H,24,25)/t15-/m0/s1. The van der Waals surface area contributed by atoms with Crippen LogP contribution >= 0.6 is 0 Å². The minimum atomic E-state index is 0.259. The van der Waals surface area contributed by atoms with Gasteiger partial charge in [-0.15, -0.1) is 0 Å². The number of hydrogen-bond donors (Lipinski definition) is 2. The van der Waals surface area contributed by atoms with Crippen molar-refractivity contribution in [1.82, 2.24) is 20.1 Å². The van der Waals surface area contributed by atoms with Crippen molar-refractivity contribution < 1.29 is 4.79 Å². The Kier molecular flexibility index (Phi) is 5.60. The summed E-state index contributed by atoms with van der Waals surface area (Å²) in [6.45, 7) is 4.04. The molecule has 27 heavy (non-hydrogen) atoms. The maximum Gasteiger partial charge on any atom is 0.222 e. The summed E-state index contributed by atoms with van der Waals surface area (Å²) in [6.07, 6.45) is 11.7. The molecule has 1 atom stereocenters. The lowest BCUT2D eigenvalue weighted by atomic mass is 9.95. The summed E-state index contributed by atoms with van der Waals surface area (Å²) in [6, 6.07) is 2.44. The first-order valence-electron chi connectivity index (χ1n) is 10.6. The highest BCUT2D eigenvalue weighted by Gasteiger charge is 2.22. The second-order valence-electron chi connectivity index (χ2n) is 8.32. The van der Waals surface area contributed by atoms with Crippen LogP contribution in [0.25, 0.3) is 10.9 Å². The minimum Gasteiger partial charge on any atom is -0.367 e. The van der Waals surface area contributed by atoms with Gasteiger partial charge >= 0.3 is 0 Å². The number of hydrogen-bond acceptors (Lipinski definition) is 4. The van der Waals surface area contributed by atoms with E-state index in [1.54, 1.807) is 0 Å². The highest BCUT2D eigenvalue weighted by Crippen LogP contribution is 2.28. The van der Waals surface area contributed by atoms with Gasteiger partial charge in [0.25, 0.3) is 0 Å². The Morgan fingerprint density at radius 2 is 2.11 bits per heavy atom. The zero-order chi connectivity index (χ0) is 18.6. The second kappa shape index (κ2) is 8.28. The molecule has 1 amide bonds. The Balaban J connectivity index is 1.46. The predicted octanol–water partition coefficient (Wildman–Crippen LogP) is 3.89. The van der Waals surface area contributed by atoms with Crippen molar-refractivity contribution >= 4 is 22.6 Å². The molecule has 2 aliphatic rings. The third-order valence-corrected chi connectivity index (χ3v) is 6.09. The van der Waals surface area contributed by atoms with Gasteiger partial charge in [0.05, 0.1) is 10.9 Å². The highest BCUT2D eigenvalue weighted by atomic mass is 16.2. The summed E-state index contributed by atoms with van der Waals surface area (Å²) in [5.74, 6) is 1.79. The number of H-pyrrole nitrogens is 1. The normalized spacial score (nSPS) is 21.5. The van der Waals surface area contributed by atoms with Crippen molar-refractivity contribution in [3.63, 3.8) is 0 Å². The van der Waals surface area contributed by atoms with Crippen molar-refractivity contribution in [3.05, 3.63) is 18.0 Å². The van der Waals surface area contributed by atoms with Gasteiger partial charge in [-0.25, -0.2) is 4.98 Å². The topological polar surface area (TPSA) is 73.9 Å². The van der Waals surface area contributed by atoms with Gasteiger partial charge in [0.1, 0.15) is 5.82 Å². The molecule has 0 radical (unpaired) electrons. The van der Waals surface area contributed by atoms with E-state index in [0.717, 1.165) is 41.9 Å². The Bertz CT molecular complexity index is 780. The average molecular weight is 370 g/mol. The monoisotopic (exact) mass is 369 g/mol. The number of aryl methyl sites for hydroxylation is 1. The smallest absolute Gasteiger partial charge is 0.222 e. The van der Waals surface area contributed by atoms with Crippen LogP contribution in [0.4, 0.5) is 5.82 Å². The summed E-state index contributed by atoms with van der Waals surface area (Å²) in [7, 11) is 0. The van der Waals surface area contributed by atoms with Gasteiger partial charge in [-0.1, -0.05) is 26.2 Å². The van der Waals surface area contributed by atoms with Gasteiger partial charge < -0.3 is 10.2 Å². The Labute approximate surface area is 161 Å². The second-order valence-corrected chi connectivity index (χ2v) is 8.32. The molecular formula is C21H31N5O. The highest BCUT2D eigenvalue weighted by molar-refractivity contribution is 5.92. The molecule has 2 aromatic heterocycles. The number of pyridine rings is 1. The molecule has 2 aromatic rings. The van der Waals surface area contributed by atoms with E-state index in [2.05, 4.69) is 27.4 Å². The Morgan fingerprint density at radius 1 is 1.26 bits per heavy atom. The van der Waals surface area contributed by atoms with E-state index in [9.17, 15) is 4.79 Å². The van der Waals surface area contributed by atoms with Crippen molar-refractivity contribution in [2.45, 2.75) is 70.8 Å². The van der Waals surface area contributed by atoms with Gasteiger partial charge in [-0.3, -0.25) is 9.89 Å². The first-order chi connectivity index (χ1) is 13.2. The molecule has 146 valence electrons. The summed E-state index contributed by atoms with van der Waals surface area (Å²) < 4.78 is 0. The fraction of sp³-hybridized carbons (Fsp3) is 0.667. The lowest BCUT2D eigenvalue weighted by molar-refractivity contribution is -0.132. The van der Waals surface area contributed by atoms with E-state index in [4.69, 9.17) is 0 Å². The van der Waals surface area contributed by atoms with Crippen LogP contribution in [0.5, 0.6) is 0 Å². The van der Waals surface area contributed by atoms with E-state index in [1.807, 2.05) is 17.2 Å². The van der Waals surface area contributed by atoms with E-state index in [1.165, 1.54) is 38.5 Å². The number of anilines is 1. The van der Waals surface area contributed by atoms with E-state index < -0.39 is 0 Å². The van der Waals surface area contributed by atoms with E-state index >= 15 is 0 Å². The summed E-state index contributed by atoms with van der Waals surface area (Å²) in [5.41, 5.74) is 1.95. The van der Waals surface area contributed by atoms with Gasteiger partial charge in [-0.2, -0.15) is 5.10 Å². The molecule has 4 rings (SSSR count). The third kappa shape index (κ3) is 4.25. The van der Waals surface area contributed by atoms with Crippen LogP contribution in [0.3, 0.4) is 0 Å². The van der Waals surface area contributed by atoms with Crippen LogP contribution in [-0.4, -0.2) is 45.1 Å². The summed E-state index contributed by atoms with van der Waals surface area (Å²) >= 11 is 0. The van der Waals surface area contributed by atoms with Crippen LogP contribution in [0.15, 0.2) is 12.3 Å². The van der Waals surface area contributed by atoms with Gasteiger partial charge in [0, 0.05) is 37.4 Å². The SMILES string of the molecule is C[C@H]1CCCN(C(=O)CCc2[nH]nc3ccnc(NC4CCCCC4)c23)C1. The quantitative estimate of drug-likeness (QED) is 0.838. The van der Waals surface area contributed by atoms with E-state index in [-0.39, 0.29) is 5.91 Å². The van der Waals surface area contributed by atoms with Crippen LogP contribution in [0.1, 0.15) is 64.0 Å². The Morgan fingerprint density at radius 3 is 2.93 bits per heavy atom. The lowest BCUT2D eigenvalue weighted by Crippen LogP contribution is -2.39. The summed E-state index contributed by atoms with van der Waals surface area (Å²) in [4.78, 5) is 19.3. The third-order valence-electron chi connectivity index (χ3n) is 6.09. The minimum absolute atomic E-state index is 0.259. The number of nitrogens with one attached hydrogen (secondary N) is 2. The van der Waals surface area contributed by atoms with E-state index in [0.29, 0.717) is 24.8 Å². The molecule has 3 heterocycles. The number of nitrogens with zero attached hydrogens (tertiary/aromatic N) is 3. The molecule has 6 nitrogen and oxygen atoms in total. The number of aromatic nitrogens is 3. The van der Waals surface area contributed by atoms with Crippen LogP contribution in [0.2, 0.25) is 0 Å². The van der Waals surface area contributed by atoms with Crippen molar-refractivity contribution in [1.29, 1.82) is 0 Å². The number of rotatable bonds is 5. The van der Waals surface area contributed by atoms with Crippen LogP contribution in [0, 0.1) is 5.92 Å². The first-order valence-corrected chi connectivity index (χ1v) is 10.6. The maximum absolute atomic E-state index is 12.6. The number of fused-ring (bicyclic) bond motifs is 1. The van der Waals surface area contributed by atoms with Crippen LogP contribution < -0.4 is 5.32 Å². The molecule has 1 aliphatic carbocycles. The van der Waals surface area contributed by atoms with Crippen molar-refractivity contribution in [2.24, 2.45) is 5.92 Å². The largest absolute Gasteiger partial charge is 0.367 e. The average Bonchev–Trinajstić information content (AvgIpc) is 3.11. The molecule has 1 saturated carbocycles. The maximum atomic E-state index is 12.6. The zero-order valence-electron chi connectivity index (χ0n) is 16.3. The van der Waals surface area contributed by atoms with Crippen molar-refractivity contribution in [2.75, 3.05) is 18.4 Å². The molecule has 1 saturated heterocycles. The number of carbonyl (C=O) groups excluding carboxylic acids is 1. The number of piperidine rings is 1. The number of amides is 1. The zero-order valence-corrected chi connectivity index (χ0v) is 16.3. The first kappa shape index (κ1) is 18.3. The summed E-state index contributed by atoms with van der Waals surface area (Å²) in [5, 5.41) is 12.3. The Hall–Kier alpha value is -2.11. The molecule has 0 unspecified atom stereocenters. The molecule has 2 N–H and O–H groups in total. The van der Waals surface area contributed by atoms with Gasteiger partial charge in [-0.05, 0) is 44.1 Å². The van der Waals surface area contributed by atoms with Crippen molar-refractivity contribution in [3.8, 4) is 0 Å². The molecular weight excluding hydrogens is 338 g/mol. The molecule has 6 heteroatoms. The molecule has 0 spiro atoms. The number of likely N-dealkylation sites (tertiary alicyclic amines) is 1. The lowest BCUT2D eigenvalue weighted by Gasteiger charge is -2.31. The molecule has 1 aliphatic heterocycles. The predicted molar refractivity (Wildman–Crippen MR) is 108 cm³/mol. The molecule has 0 bridgehead atoms. The molecule has 0 aromatic carbocycles. The number of aromatic amines is 1. The molecule has 2 fully saturated rings. The van der Waals surface area contributed by atoms with Gasteiger partial charge in [0.15, 0.2) is 0 Å². The number of carbonyl (C=O) groups is 1. The van der Waals surface area contributed by atoms with Crippen LogP contribution in [-0.2, 0) is 11.2 Å². The van der Waals surface area contributed by atoms with Gasteiger partial charge in [0.2, 0.25) is 5.91 Å². The fourth-order valence-corrected chi connectivity index (χ4v) is 4.56. The fourth-order valence-electron chi connectivity index (χ4n) is 4.56.